The van der Waals surface area contributed by atoms with Crippen LogP contribution in [0.1, 0.15) is 48.1 Å². The molecule has 0 unspecified atom stereocenters. The Hall–Kier alpha value is -4.68. The van der Waals surface area contributed by atoms with Crippen molar-refractivity contribution in [3.63, 3.8) is 0 Å². The summed E-state index contributed by atoms with van der Waals surface area (Å²) in [4.78, 5) is 46.3. The Labute approximate surface area is 248 Å². The van der Waals surface area contributed by atoms with Crippen LogP contribution in [-0.4, -0.2) is 43.7 Å². The van der Waals surface area contributed by atoms with Gasteiger partial charge in [-0.2, -0.15) is 0 Å². The molecule has 1 fully saturated rings. The summed E-state index contributed by atoms with van der Waals surface area (Å²) in [5.41, 5.74) is 1.63. The third-order valence-corrected chi connectivity index (χ3v) is 9.10. The Morgan fingerprint density at radius 3 is 2.19 bits per heavy atom. The summed E-state index contributed by atoms with van der Waals surface area (Å²) in [6, 6.07) is 25.0. The van der Waals surface area contributed by atoms with Crippen LogP contribution in [0.4, 0.5) is 5.69 Å². The number of carbonyl (C=O) groups is 3. The topological polar surface area (TPSA) is 72.9 Å². The number of hydrogen-bond acceptors (Lipinski definition) is 6. The lowest BCUT2D eigenvalue weighted by atomic mass is 9.64. The lowest BCUT2D eigenvalue weighted by molar-refractivity contribution is 0.0664. The van der Waals surface area contributed by atoms with Crippen LogP contribution in [0.2, 0.25) is 5.02 Å². The second kappa shape index (κ2) is 9.71. The van der Waals surface area contributed by atoms with Crippen LogP contribution in [0.5, 0.6) is 11.5 Å². The van der Waals surface area contributed by atoms with Crippen LogP contribution in [0, 0.1) is 5.41 Å². The number of benzene rings is 4. The maximum Gasteiger partial charge on any atom is 0.185 e. The van der Waals surface area contributed by atoms with Crippen molar-refractivity contribution in [1.82, 2.24) is 0 Å². The molecule has 1 spiro atoms. The van der Waals surface area contributed by atoms with Crippen LogP contribution in [0.3, 0.4) is 0 Å². The summed E-state index contributed by atoms with van der Waals surface area (Å²) in [5.74, 6) is -0.756. The molecule has 0 aromatic heterocycles. The minimum absolute atomic E-state index is 0.208. The molecule has 7 rings (SSSR count). The normalized spacial score (nSPS) is 21.2. The van der Waals surface area contributed by atoms with Gasteiger partial charge in [-0.3, -0.25) is 14.4 Å². The predicted molar refractivity (Wildman–Crippen MR) is 161 cm³/mol. The molecule has 1 saturated heterocycles. The van der Waals surface area contributed by atoms with Gasteiger partial charge in [-0.15, -0.1) is 0 Å². The average Bonchev–Trinajstić information content (AvgIpc) is 3.46. The lowest BCUT2D eigenvalue weighted by Gasteiger charge is -2.37. The minimum atomic E-state index is -1.65. The predicted octanol–water partition coefficient (Wildman–Crippen LogP) is 6.67. The van der Waals surface area contributed by atoms with Gasteiger partial charge in [0.25, 0.3) is 0 Å². The molecule has 6 nitrogen and oxygen atoms in total. The van der Waals surface area contributed by atoms with Crippen molar-refractivity contribution in [2.45, 2.75) is 18.0 Å². The fourth-order valence-electron chi connectivity index (χ4n) is 7.15. The Balaban J connectivity index is 1.59. The first-order chi connectivity index (χ1) is 20.4. The molecule has 0 radical (unpaired) electrons. The fraction of sp³-hybridized carbons (Fsp3) is 0.171. The number of hydrogen-bond donors (Lipinski definition) is 0. The Kier molecular flexibility index (Phi) is 6.06. The number of fused-ring (bicyclic) bond motifs is 5. The average molecular weight is 576 g/mol. The van der Waals surface area contributed by atoms with Crippen LogP contribution < -0.4 is 14.4 Å². The first kappa shape index (κ1) is 26.2. The molecule has 0 bridgehead atoms. The van der Waals surface area contributed by atoms with E-state index in [0.29, 0.717) is 38.8 Å². The molecular weight excluding hydrogens is 550 g/mol. The zero-order chi connectivity index (χ0) is 29.2. The van der Waals surface area contributed by atoms with Crippen LogP contribution in [0.15, 0.2) is 97.1 Å². The number of methoxy groups -OCH3 is 2. The summed E-state index contributed by atoms with van der Waals surface area (Å²) in [7, 11) is 3.09. The van der Waals surface area contributed by atoms with E-state index in [4.69, 9.17) is 21.1 Å². The summed E-state index contributed by atoms with van der Waals surface area (Å²) < 4.78 is 11.4. The molecule has 7 heteroatoms. The molecule has 208 valence electrons. The van der Waals surface area contributed by atoms with Gasteiger partial charge in [0.1, 0.15) is 23.0 Å². The first-order valence-electron chi connectivity index (χ1n) is 13.7. The summed E-state index contributed by atoms with van der Waals surface area (Å²) in [5, 5.41) is 0.545. The van der Waals surface area contributed by atoms with E-state index in [-0.39, 0.29) is 17.3 Å². The van der Waals surface area contributed by atoms with E-state index in [1.165, 1.54) is 0 Å². The number of halogens is 1. The van der Waals surface area contributed by atoms with Gasteiger partial charge in [0, 0.05) is 38.9 Å². The molecule has 0 saturated carbocycles. The molecule has 3 aliphatic rings. The number of carbonyl (C=O) groups excluding carboxylic acids is 3. The van der Waals surface area contributed by atoms with Crippen LogP contribution in [-0.2, 0) is 0 Å². The number of ether oxygens (including phenoxy) is 2. The number of Topliss-reactive ketones (excluding diaryl/α,β-unsaturated/α-hetero) is 3. The molecule has 4 aromatic rings. The maximum atomic E-state index is 14.8. The zero-order valence-electron chi connectivity index (χ0n) is 22.9. The number of anilines is 1. The second-order valence-corrected chi connectivity index (χ2v) is 11.2. The van der Waals surface area contributed by atoms with Crippen LogP contribution in [0.25, 0.3) is 6.08 Å². The van der Waals surface area contributed by atoms with Gasteiger partial charge >= 0.3 is 0 Å². The number of rotatable bonds is 5. The van der Waals surface area contributed by atoms with Gasteiger partial charge in [0.15, 0.2) is 17.3 Å². The second-order valence-electron chi connectivity index (χ2n) is 10.7. The molecule has 0 amide bonds. The van der Waals surface area contributed by atoms with Crippen molar-refractivity contribution in [2.24, 2.45) is 5.41 Å². The van der Waals surface area contributed by atoms with Crippen molar-refractivity contribution >= 4 is 40.7 Å². The Morgan fingerprint density at radius 1 is 0.833 bits per heavy atom. The third-order valence-electron chi connectivity index (χ3n) is 8.86. The molecular formula is C35H26ClNO5. The van der Waals surface area contributed by atoms with Crippen molar-refractivity contribution in [2.75, 3.05) is 19.1 Å². The molecule has 3 atom stereocenters. The van der Waals surface area contributed by atoms with Crippen molar-refractivity contribution < 1.29 is 23.9 Å². The minimum Gasteiger partial charge on any atom is -0.497 e. The third kappa shape index (κ3) is 3.48. The van der Waals surface area contributed by atoms with E-state index in [1.807, 2.05) is 47.4 Å². The maximum absolute atomic E-state index is 14.8. The smallest absolute Gasteiger partial charge is 0.185 e. The van der Waals surface area contributed by atoms with E-state index < -0.39 is 23.4 Å². The lowest BCUT2D eigenvalue weighted by Crippen LogP contribution is -2.48. The van der Waals surface area contributed by atoms with Crippen LogP contribution >= 0.6 is 11.6 Å². The molecule has 4 aromatic carbocycles. The van der Waals surface area contributed by atoms with Gasteiger partial charge in [-0.25, -0.2) is 0 Å². The SMILES string of the molecule is COc1ccc(OC)c([C@@H]2[C@H](C(=O)c3ccccc3)N3c4ccc(Cl)cc4C=C[C@@H]3C23C(=O)c2ccccc2C3=O)c1. The van der Waals surface area contributed by atoms with Crippen molar-refractivity contribution in [1.29, 1.82) is 0 Å². The fourth-order valence-corrected chi connectivity index (χ4v) is 7.33. The monoisotopic (exact) mass is 575 g/mol. The molecule has 42 heavy (non-hydrogen) atoms. The van der Waals surface area contributed by atoms with Gasteiger partial charge in [-0.1, -0.05) is 78.4 Å². The Bertz CT molecular complexity index is 1780. The zero-order valence-corrected chi connectivity index (χ0v) is 23.7. The van der Waals surface area contributed by atoms with E-state index in [1.54, 1.807) is 74.9 Å². The largest absolute Gasteiger partial charge is 0.497 e. The quantitative estimate of drug-likeness (QED) is 0.195. The molecule has 0 N–H and O–H groups in total. The standard InChI is InChI=1S/C35H26ClNO5/c1-41-23-14-16-28(42-2)26(19-23)30-31(32(38)20-8-4-3-5-9-20)37-27-15-13-22(36)18-21(27)12-17-29(37)35(30)33(39)24-10-6-7-11-25(24)34(35)40/h3-19,29-31H,1-2H3/t29-,30-,31-/m1/s1. The first-order valence-corrected chi connectivity index (χ1v) is 14.1. The van der Waals surface area contributed by atoms with E-state index in [2.05, 4.69) is 0 Å². The Morgan fingerprint density at radius 2 is 1.52 bits per heavy atom. The molecule has 1 aliphatic carbocycles. The van der Waals surface area contributed by atoms with Crippen molar-refractivity contribution in [3.8, 4) is 11.5 Å². The van der Waals surface area contributed by atoms with Gasteiger partial charge in [-0.05, 0) is 42.0 Å². The number of nitrogens with zero attached hydrogens (tertiary/aromatic N) is 1. The number of ketones is 3. The van der Waals surface area contributed by atoms with E-state index in [9.17, 15) is 14.4 Å². The molecule has 2 aliphatic heterocycles. The van der Waals surface area contributed by atoms with E-state index >= 15 is 0 Å². The van der Waals surface area contributed by atoms with Crippen molar-refractivity contribution in [3.05, 3.63) is 130 Å². The van der Waals surface area contributed by atoms with Gasteiger partial charge < -0.3 is 14.4 Å². The summed E-state index contributed by atoms with van der Waals surface area (Å²) in [6.07, 6.45) is 3.77. The highest BCUT2D eigenvalue weighted by Crippen LogP contribution is 2.62. The highest BCUT2D eigenvalue weighted by atomic mass is 35.5. The van der Waals surface area contributed by atoms with Gasteiger partial charge in [0.2, 0.25) is 0 Å². The summed E-state index contributed by atoms with van der Waals surface area (Å²) >= 11 is 6.38. The molecule has 2 heterocycles. The highest BCUT2D eigenvalue weighted by Gasteiger charge is 2.72. The highest BCUT2D eigenvalue weighted by molar-refractivity contribution is 6.33. The summed E-state index contributed by atoms with van der Waals surface area (Å²) in [6.45, 7) is 0. The van der Waals surface area contributed by atoms with E-state index in [0.717, 1.165) is 11.3 Å². The van der Waals surface area contributed by atoms with Gasteiger partial charge in [0.05, 0.1) is 20.3 Å².